The molecule has 0 atom stereocenters. The van der Waals surface area contributed by atoms with Crippen molar-refractivity contribution in [3.63, 3.8) is 0 Å². The lowest BCUT2D eigenvalue weighted by atomic mass is 9.97. The van der Waals surface area contributed by atoms with E-state index in [0.29, 0.717) is 22.5 Å². The van der Waals surface area contributed by atoms with Gasteiger partial charge in [0, 0.05) is 11.3 Å². The minimum atomic E-state index is -0.536. The van der Waals surface area contributed by atoms with Gasteiger partial charge in [-0.15, -0.1) is 0 Å². The van der Waals surface area contributed by atoms with Crippen LogP contribution in [0, 0.1) is 0 Å². The van der Waals surface area contributed by atoms with Crippen LogP contribution in [-0.4, -0.2) is 18.1 Å². The van der Waals surface area contributed by atoms with Gasteiger partial charge in [-0.05, 0) is 87.4 Å². The quantitative estimate of drug-likeness (QED) is 0.427. The lowest BCUT2D eigenvalue weighted by Gasteiger charge is -2.16. The number of hydrogen-bond donors (Lipinski definition) is 3. The van der Waals surface area contributed by atoms with Gasteiger partial charge in [-0.2, -0.15) is 0 Å². The number of ether oxygens (including phenoxy) is 2. The van der Waals surface area contributed by atoms with Gasteiger partial charge >= 0.3 is 0 Å². The van der Waals surface area contributed by atoms with Crippen LogP contribution in [0.2, 0.25) is 0 Å². The van der Waals surface area contributed by atoms with E-state index < -0.39 is 5.91 Å². The molecule has 3 aromatic rings. The van der Waals surface area contributed by atoms with E-state index in [1.165, 1.54) is 0 Å². The zero-order valence-corrected chi connectivity index (χ0v) is 18.3. The third-order valence-corrected chi connectivity index (χ3v) is 4.50. The molecule has 162 valence electrons. The number of amides is 1. The Balaban J connectivity index is 1.93. The van der Waals surface area contributed by atoms with Gasteiger partial charge in [0.2, 0.25) is 5.91 Å². The van der Waals surface area contributed by atoms with Gasteiger partial charge < -0.3 is 26.3 Å². The lowest BCUT2D eigenvalue weighted by molar-refractivity contribution is 0.100. The lowest BCUT2D eigenvalue weighted by Crippen LogP contribution is -2.13. The van der Waals surface area contributed by atoms with Crippen molar-refractivity contribution in [2.24, 2.45) is 5.73 Å². The maximum absolute atomic E-state index is 12.1. The molecule has 5 N–H and O–H groups in total. The van der Waals surface area contributed by atoms with Crippen LogP contribution in [0.3, 0.4) is 0 Å². The van der Waals surface area contributed by atoms with E-state index in [2.05, 4.69) is 5.32 Å². The van der Waals surface area contributed by atoms with Crippen molar-refractivity contribution < 1.29 is 14.3 Å². The number of nitrogen functional groups attached to an aromatic ring is 1. The second-order valence-electron chi connectivity index (χ2n) is 7.86. The first kappa shape index (κ1) is 22.0. The molecular weight excluding hydrogens is 390 g/mol. The van der Waals surface area contributed by atoms with Gasteiger partial charge in [0.25, 0.3) is 0 Å². The minimum absolute atomic E-state index is 0.0803. The number of carbonyl (C=O) groups is 1. The number of primary amides is 1. The molecule has 0 bridgehead atoms. The summed E-state index contributed by atoms with van der Waals surface area (Å²) in [6.45, 7) is 7.91. The molecule has 6 heteroatoms. The molecule has 0 saturated heterocycles. The van der Waals surface area contributed by atoms with E-state index in [1.807, 2.05) is 82.3 Å². The van der Waals surface area contributed by atoms with E-state index in [0.717, 1.165) is 22.7 Å². The van der Waals surface area contributed by atoms with Gasteiger partial charge in [-0.25, -0.2) is 0 Å². The van der Waals surface area contributed by atoms with Crippen LogP contribution in [0.15, 0.2) is 60.7 Å². The highest BCUT2D eigenvalue weighted by atomic mass is 16.5. The van der Waals surface area contributed by atoms with Crippen LogP contribution in [-0.2, 0) is 0 Å². The van der Waals surface area contributed by atoms with Crippen molar-refractivity contribution in [3.05, 3.63) is 66.2 Å². The predicted octanol–water partition coefficient (Wildman–Crippen LogP) is 5.35. The molecule has 0 aliphatic heterocycles. The van der Waals surface area contributed by atoms with E-state index in [9.17, 15) is 4.79 Å². The summed E-state index contributed by atoms with van der Waals surface area (Å²) in [7, 11) is 0. The molecule has 0 saturated carbocycles. The Kier molecular flexibility index (Phi) is 6.70. The van der Waals surface area contributed by atoms with Crippen molar-refractivity contribution >= 4 is 23.0 Å². The fraction of sp³-hybridized carbons (Fsp3) is 0.240. The topological polar surface area (TPSA) is 99.6 Å². The van der Waals surface area contributed by atoms with Crippen molar-refractivity contribution in [1.82, 2.24) is 0 Å². The van der Waals surface area contributed by atoms with Gasteiger partial charge in [-0.3, -0.25) is 4.79 Å². The molecule has 0 unspecified atom stereocenters. The minimum Gasteiger partial charge on any atom is -0.491 e. The van der Waals surface area contributed by atoms with Crippen LogP contribution >= 0.6 is 0 Å². The maximum Gasteiger partial charge on any atom is 0.249 e. The summed E-state index contributed by atoms with van der Waals surface area (Å²) in [6, 6.07) is 18.6. The molecule has 6 nitrogen and oxygen atoms in total. The number of carbonyl (C=O) groups excluding carboxylic acids is 1. The molecule has 0 radical (unpaired) electrons. The summed E-state index contributed by atoms with van der Waals surface area (Å²) < 4.78 is 11.4. The molecule has 0 spiro atoms. The number of anilines is 3. The molecule has 0 aromatic heterocycles. The van der Waals surface area contributed by atoms with Crippen molar-refractivity contribution in [2.75, 3.05) is 11.1 Å². The van der Waals surface area contributed by atoms with E-state index >= 15 is 0 Å². The zero-order valence-electron chi connectivity index (χ0n) is 18.3. The molecule has 31 heavy (non-hydrogen) atoms. The molecule has 0 aliphatic carbocycles. The van der Waals surface area contributed by atoms with Gasteiger partial charge in [0.1, 0.15) is 11.5 Å². The zero-order chi connectivity index (χ0) is 22.5. The number of hydrogen-bond acceptors (Lipinski definition) is 5. The number of nitrogens with two attached hydrogens (primary N) is 2. The SMILES string of the molecule is CC(C)Oc1ccc(Nc2cc(-c3ccc(OC(C)C)cc3)c(C(N)=O)cc2N)cc1. The highest BCUT2D eigenvalue weighted by molar-refractivity contribution is 6.02. The Morgan fingerprint density at radius 3 is 1.84 bits per heavy atom. The van der Waals surface area contributed by atoms with Gasteiger partial charge in [0.15, 0.2) is 0 Å². The molecule has 0 heterocycles. The molecule has 3 aromatic carbocycles. The number of nitrogens with one attached hydrogen (secondary N) is 1. The normalized spacial score (nSPS) is 10.9. The third-order valence-electron chi connectivity index (χ3n) is 4.50. The highest BCUT2D eigenvalue weighted by Gasteiger charge is 2.15. The summed E-state index contributed by atoms with van der Waals surface area (Å²) in [5, 5.41) is 3.31. The standard InChI is InChI=1S/C25H29N3O3/c1-15(2)30-19-9-5-17(6-10-19)21-14-24(23(26)13-22(21)25(27)29)28-18-7-11-20(12-8-18)31-16(3)4/h5-16,28H,26H2,1-4H3,(H2,27,29). The first-order valence-electron chi connectivity index (χ1n) is 10.3. The monoisotopic (exact) mass is 419 g/mol. The average Bonchev–Trinajstić information content (AvgIpc) is 2.70. The Morgan fingerprint density at radius 2 is 1.35 bits per heavy atom. The fourth-order valence-electron chi connectivity index (χ4n) is 3.20. The Hall–Kier alpha value is -3.67. The first-order valence-corrected chi connectivity index (χ1v) is 10.3. The summed E-state index contributed by atoms with van der Waals surface area (Å²) in [5.41, 5.74) is 15.7. The molecule has 0 fully saturated rings. The number of rotatable bonds is 8. The van der Waals surface area contributed by atoms with Crippen LogP contribution in [0.1, 0.15) is 38.1 Å². The second-order valence-corrected chi connectivity index (χ2v) is 7.86. The second kappa shape index (κ2) is 9.43. The van der Waals surface area contributed by atoms with Crippen LogP contribution < -0.4 is 26.3 Å². The summed E-state index contributed by atoms with van der Waals surface area (Å²) in [4.78, 5) is 12.1. The maximum atomic E-state index is 12.1. The Morgan fingerprint density at radius 1 is 0.839 bits per heavy atom. The Bertz CT molecular complexity index is 1040. The van der Waals surface area contributed by atoms with Crippen molar-refractivity contribution in [2.45, 2.75) is 39.9 Å². The molecular formula is C25H29N3O3. The van der Waals surface area contributed by atoms with E-state index in [-0.39, 0.29) is 12.2 Å². The van der Waals surface area contributed by atoms with E-state index in [4.69, 9.17) is 20.9 Å². The summed E-state index contributed by atoms with van der Waals surface area (Å²) in [5.74, 6) is 1.02. The Labute approximate surface area is 183 Å². The summed E-state index contributed by atoms with van der Waals surface area (Å²) >= 11 is 0. The molecule has 0 aliphatic rings. The largest absolute Gasteiger partial charge is 0.491 e. The van der Waals surface area contributed by atoms with Crippen molar-refractivity contribution in [1.29, 1.82) is 0 Å². The predicted molar refractivity (Wildman–Crippen MR) is 126 cm³/mol. The smallest absolute Gasteiger partial charge is 0.249 e. The molecule has 1 amide bonds. The van der Waals surface area contributed by atoms with Gasteiger partial charge in [0.05, 0.1) is 23.6 Å². The van der Waals surface area contributed by atoms with Crippen LogP contribution in [0.4, 0.5) is 17.1 Å². The van der Waals surface area contributed by atoms with E-state index in [1.54, 1.807) is 6.07 Å². The van der Waals surface area contributed by atoms with Crippen LogP contribution in [0.25, 0.3) is 11.1 Å². The van der Waals surface area contributed by atoms with Gasteiger partial charge in [-0.1, -0.05) is 12.1 Å². The fourth-order valence-corrected chi connectivity index (χ4v) is 3.20. The number of benzene rings is 3. The average molecular weight is 420 g/mol. The summed E-state index contributed by atoms with van der Waals surface area (Å²) in [6.07, 6.45) is 0.187. The third kappa shape index (κ3) is 5.69. The van der Waals surface area contributed by atoms with Crippen LogP contribution in [0.5, 0.6) is 11.5 Å². The molecule has 3 rings (SSSR count). The first-order chi connectivity index (χ1) is 14.7. The highest BCUT2D eigenvalue weighted by Crippen LogP contribution is 2.34. The van der Waals surface area contributed by atoms with Crippen molar-refractivity contribution in [3.8, 4) is 22.6 Å².